The van der Waals surface area contributed by atoms with E-state index in [2.05, 4.69) is 10.3 Å². The first kappa shape index (κ1) is 22.8. The van der Waals surface area contributed by atoms with Gasteiger partial charge in [-0.05, 0) is 30.2 Å². The molecule has 0 unspecified atom stereocenters. The molecule has 1 fully saturated rings. The fraction of sp³-hybridized carbons (Fsp3) is 0.240. The number of rotatable bonds is 7. The van der Waals surface area contributed by atoms with E-state index >= 15 is 0 Å². The summed E-state index contributed by atoms with van der Waals surface area (Å²) >= 11 is 6.18. The maximum atomic E-state index is 13.2. The minimum Gasteiger partial charge on any atom is -0.486 e. The van der Waals surface area contributed by atoms with Crippen molar-refractivity contribution in [2.45, 2.75) is 19.1 Å². The predicted molar refractivity (Wildman–Crippen MR) is 123 cm³/mol. The van der Waals surface area contributed by atoms with Crippen LogP contribution in [0.15, 0.2) is 60.8 Å². The summed E-state index contributed by atoms with van der Waals surface area (Å²) in [5.74, 6) is -0.789. The molecular formula is C25H23ClN2O5. The number of nitrogens with zero attached hydrogens (tertiary/aromatic N) is 1. The Labute approximate surface area is 196 Å². The van der Waals surface area contributed by atoms with Gasteiger partial charge in [-0.1, -0.05) is 54.1 Å². The van der Waals surface area contributed by atoms with Crippen LogP contribution in [0.25, 0.3) is 11.1 Å². The van der Waals surface area contributed by atoms with Crippen molar-refractivity contribution in [2.75, 3.05) is 20.3 Å². The fourth-order valence-corrected chi connectivity index (χ4v) is 3.81. The largest absolute Gasteiger partial charge is 0.486 e. The highest BCUT2D eigenvalue weighted by Gasteiger charge is 2.49. The molecule has 4 rings (SSSR count). The van der Waals surface area contributed by atoms with Crippen molar-refractivity contribution in [3.05, 3.63) is 82.6 Å². The van der Waals surface area contributed by atoms with Gasteiger partial charge in [0.05, 0.1) is 20.3 Å². The molecule has 1 aliphatic rings. The highest BCUT2D eigenvalue weighted by Crippen LogP contribution is 2.34. The Balaban J connectivity index is 1.71. The number of nitrogens with one attached hydrogen (secondary N) is 1. The first-order chi connectivity index (χ1) is 15.9. The van der Waals surface area contributed by atoms with E-state index in [1.54, 1.807) is 12.3 Å². The standard InChI is InChI=1S/C25H23ClN2O5/c1-16-20(18-9-6-10-19(26)11-18)12-27-21(22(16)33-13-17-7-4-3-5-8-17)23(29)28-25(14-32-15-25)24(30)31-2/h3-12H,13-15H2,1-2H3,(H,28,29). The van der Waals surface area contributed by atoms with Crippen LogP contribution >= 0.6 is 11.6 Å². The van der Waals surface area contributed by atoms with E-state index < -0.39 is 17.4 Å². The molecule has 8 heteroatoms. The van der Waals surface area contributed by atoms with Crippen molar-refractivity contribution in [2.24, 2.45) is 0 Å². The van der Waals surface area contributed by atoms with Crippen molar-refractivity contribution in [3.63, 3.8) is 0 Å². The molecule has 2 aromatic carbocycles. The van der Waals surface area contributed by atoms with Crippen LogP contribution in [-0.2, 0) is 20.9 Å². The average molecular weight is 467 g/mol. The first-order valence-electron chi connectivity index (χ1n) is 10.3. The number of ether oxygens (including phenoxy) is 3. The Kier molecular flexibility index (Phi) is 6.62. The lowest BCUT2D eigenvalue weighted by Gasteiger charge is -2.38. The number of methoxy groups -OCH3 is 1. The van der Waals surface area contributed by atoms with E-state index in [4.69, 9.17) is 25.8 Å². The Hall–Kier alpha value is -3.42. The molecule has 1 aliphatic heterocycles. The highest BCUT2D eigenvalue weighted by molar-refractivity contribution is 6.30. The third-order valence-electron chi connectivity index (χ3n) is 5.48. The lowest BCUT2D eigenvalue weighted by atomic mass is 9.96. The maximum Gasteiger partial charge on any atom is 0.336 e. The van der Waals surface area contributed by atoms with Crippen LogP contribution in [0.3, 0.4) is 0 Å². The van der Waals surface area contributed by atoms with Crippen molar-refractivity contribution >= 4 is 23.5 Å². The van der Waals surface area contributed by atoms with E-state index in [-0.39, 0.29) is 25.5 Å². The van der Waals surface area contributed by atoms with E-state index in [0.717, 1.165) is 22.3 Å². The minimum atomic E-state index is -1.23. The Morgan fingerprint density at radius 3 is 2.55 bits per heavy atom. The molecule has 0 bridgehead atoms. The Morgan fingerprint density at radius 1 is 1.15 bits per heavy atom. The molecule has 0 spiro atoms. The summed E-state index contributed by atoms with van der Waals surface area (Å²) < 4.78 is 16.1. The summed E-state index contributed by atoms with van der Waals surface area (Å²) in [6.07, 6.45) is 1.60. The predicted octanol–water partition coefficient (Wildman–Crippen LogP) is 3.96. The van der Waals surface area contributed by atoms with Crippen molar-refractivity contribution in [3.8, 4) is 16.9 Å². The summed E-state index contributed by atoms with van der Waals surface area (Å²) in [5, 5.41) is 3.32. The molecule has 7 nitrogen and oxygen atoms in total. The van der Waals surface area contributed by atoms with Crippen LogP contribution < -0.4 is 10.1 Å². The molecule has 170 valence electrons. The van der Waals surface area contributed by atoms with Crippen LogP contribution in [-0.4, -0.2) is 42.7 Å². The SMILES string of the molecule is COC(=O)C1(NC(=O)c2ncc(-c3cccc(Cl)c3)c(C)c2OCc2ccccc2)COC1. The molecule has 1 aromatic heterocycles. The van der Waals surface area contributed by atoms with Gasteiger partial charge in [-0.25, -0.2) is 9.78 Å². The Morgan fingerprint density at radius 2 is 1.91 bits per heavy atom. The number of amides is 1. The molecule has 0 radical (unpaired) electrons. The fourth-order valence-electron chi connectivity index (χ4n) is 3.62. The lowest BCUT2D eigenvalue weighted by Crippen LogP contribution is -2.67. The number of hydrogen-bond acceptors (Lipinski definition) is 6. The monoisotopic (exact) mass is 466 g/mol. The summed E-state index contributed by atoms with van der Waals surface area (Å²) in [6.45, 7) is 2.17. The van der Waals surface area contributed by atoms with Gasteiger partial charge in [0.25, 0.3) is 5.91 Å². The van der Waals surface area contributed by atoms with E-state index in [1.807, 2.05) is 55.5 Å². The lowest BCUT2D eigenvalue weighted by molar-refractivity contribution is -0.168. The number of hydrogen-bond donors (Lipinski definition) is 1. The van der Waals surface area contributed by atoms with Crippen molar-refractivity contribution in [1.29, 1.82) is 0 Å². The van der Waals surface area contributed by atoms with Gasteiger partial charge in [-0.3, -0.25) is 4.79 Å². The van der Waals surface area contributed by atoms with Crippen molar-refractivity contribution < 1.29 is 23.8 Å². The minimum absolute atomic E-state index is 0.0329. The first-order valence-corrected chi connectivity index (χ1v) is 10.7. The van der Waals surface area contributed by atoms with Gasteiger partial charge in [0.2, 0.25) is 0 Å². The number of halogens is 1. The quantitative estimate of drug-likeness (QED) is 0.530. The molecule has 0 atom stereocenters. The zero-order valence-corrected chi connectivity index (χ0v) is 19.0. The number of pyridine rings is 1. The second-order valence-electron chi connectivity index (χ2n) is 7.78. The summed E-state index contributed by atoms with van der Waals surface area (Å²) in [6, 6.07) is 17.0. The van der Waals surface area contributed by atoms with E-state index in [9.17, 15) is 9.59 Å². The van der Waals surface area contributed by atoms with Gasteiger partial charge in [0.1, 0.15) is 6.61 Å². The third-order valence-corrected chi connectivity index (χ3v) is 5.72. The van der Waals surface area contributed by atoms with Crippen LogP contribution in [0.5, 0.6) is 5.75 Å². The van der Waals surface area contributed by atoms with Gasteiger partial charge < -0.3 is 19.5 Å². The highest BCUT2D eigenvalue weighted by atomic mass is 35.5. The van der Waals surface area contributed by atoms with Gasteiger partial charge in [-0.2, -0.15) is 0 Å². The number of esters is 1. The van der Waals surface area contributed by atoms with Crippen LogP contribution in [0.4, 0.5) is 0 Å². The maximum absolute atomic E-state index is 13.2. The van der Waals surface area contributed by atoms with Crippen LogP contribution in [0, 0.1) is 6.92 Å². The molecule has 1 amide bonds. The molecule has 2 heterocycles. The van der Waals surface area contributed by atoms with Crippen LogP contribution in [0.2, 0.25) is 5.02 Å². The second-order valence-corrected chi connectivity index (χ2v) is 8.22. The normalized spacial score (nSPS) is 14.2. The zero-order chi connectivity index (χ0) is 23.4. The smallest absolute Gasteiger partial charge is 0.336 e. The molecule has 33 heavy (non-hydrogen) atoms. The summed E-state index contributed by atoms with van der Waals surface area (Å²) in [4.78, 5) is 29.9. The number of benzene rings is 2. The third kappa shape index (κ3) is 4.69. The number of aromatic nitrogens is 1. The zero-order valence-electron chi connectivity index (χ0n) is 18.3. The van der Waals surface area contributed by atoms with Gasteiger partial charge in [-0.15, -0.1) is 0 Å². The number of carbonyl (C=O) groups excluding carboxylic acids is 2. The summed E-state index contributed by atoms with van der Waals surface area (Å²) in [7, 11) is 1.27. The van der Waals surface area contributed by atoms with Gasteiger partial charge in [0.15, 0.2) is 17.0 Å². The number of carbonyl (C=O) groups is 2. The molecule has 3 aromatic rings. The topological polar surface area (TPSA) is 86.8 Å². The van der Waals surface area contributed by atoms with Crippen molar-refractivity contribution in [1.82, 2.24) is 10.3 Å². The molecule has 0 saturated carbocycles. The van der Waals surface area contributed by atoms with Gasteiger partial charge in [0, 0.05) is 22.3 Å². The van der Waals surface area contributed by atoms with E-state index in [1.165, 1.54) is 7.11 Å². The molecule has 1 N–H and O–H groups in total. The molecule has 1 saturated heterocycles. The second kappa shape index (κ2) is 9.60. The molecule has 0 aliphatic carbocycles. The average Bonchev–Trinajstić information content (AvgIpc) is 2.80. The Bertz CT molecular complexity index is 1180. The van der Waals surface area contributed by atoms with E-state index in [0.29, 0.717) is 10.8 Å². The van der Waals surface area contributed by atoms with Crippen LogP contribution in [0.1, 0.15) is 21.6 Å². The van der Waals surface area contributed by atoms with Gasteiger partial charge >= 0.3 is 5.97 Å². The summed E-state index contributed by atoms with van der Waals surface area (Å²) in [5.41, 5.74) is 2.14. The molecular weight excluding hydrogens is 444 g/mol.